The predicted octanol–water partition coefficient (Wildman–Crippen LogP) is 6.98. The van der Waals surface area contributed by atoms with Crippen molar-refractivity contribution in [1.82, 2.24) is 10.3 Å². The van der Waals surface area contributed by atoms with Crippen molar-refractivity contribution in [3.63, 3.8) is 0 Å². The van der Waals surface area contributed by atoms with Crippen molar-refractivity contribution in [2.75, 3.05) is 0 Å². The van der Waals surface area contributed by atoms with Gasteiger partial charge in [-0.2, -0.15) is 0 Å². The molecule has 3 aromatic rings. The molecule has 0 unspecified atom stereocenters. The Morgan fingerprint density at radius 1 is 1.19 bits per heavy atom. The molecule has 7 nitrogen and oxygen atoms in total. The van der Waals surface area contributed by atoms with Crippen molar-refractivity contribution < 1.29 is 28.1 Å². The Morgan fingerprint density at radius 2 is 1.95 bits per heavy atom. The highest BCUT2D eigenvalue weighted by Crippen LogP contribution is 2.49. The Kier molecular flexibility index (Phi) is 7.21. The first-order chi connectivity index (χ1) is 17.7. The van der Waals surface area contributed by atoms with Gasteiger partial charge < -0.3 is 14.2 Å². The minimum atomic E-state index is -0.955. The summed E-state index contributed by atoms with van der Waals surface area (Å²) in [5.41, 5.74) is 2.28. The highest BCUT2D eigenvalue weighted by Gasteiger charge is 2.39. The van der Waals surface area contributed by atoms with Crippen LogP contribution in [0.25, 0.3) is 11.5 Å². The second-order valence-electron chi connectivity index (χ2n) is 10.7. The third kappa shape index (κ3) is 5.64. The first-order valence-electron chi connectivity index (χ1n) is 12.9. The Hall–Kier alpha value is -3.00. The van der Waals surface area contributed by atoms with E-state index in [2.05, 4.69) is 17.2 Å². The summed E-state index contributed by atoms with van der Waals surface area (Å²) in [6.45, 7) is 2.19. The van der Waals surface area contributed by atoms with Gasteiger partial charge in [-0.25, -0.2) is 4.39 Å². The normalized spacial score (nSPS) is 17.7. The largest absolute Gasteiger partial charge is 0.481 e. The van der Waals surface area contributed by atoms with E-state index >= 15 is 0 Å². The molecule has 2 heterocycles. The van der Waals surface area contributed by atoms with Crippen molar-refractivity contribution in [3.8, 4) is 11.5 Å². The van der Waals surface area contributed by atoms with Gasteiger partial charge >= 0.3 is 5.97 Å². The fourth-order valence-corrected chi connectivity index (χ4v) is 5.64. The smallest absolute Gasteiger partial charge is 0.303 e. The van der Waals surface area contributed by atoms with Crippen molar-refractivity contribution >= 4 is 23.4 Å². The van der Waals surface area contributed by atoms with Crippen molar-refractivity contribution in [2.24, 2.45) is 0 Å². The molecular weight excluding hydrogens is 499 g/mol. The molecule has 2 fully saturated rings. The van der Waals surface area contributed by atoms with Crippen LogP contribution in [-0.4, -0.2) is 27.2 Å². The lowest BCUT2D eigenvalue weighted by atomic mass is 9.85. The molecule has 0 radical (unpaired) electrons. The van der Waals surface area contributed by atoms with Gasteiger partial charge in [-0.15, -0.1) is 0 Å². The Labute approximate surface area is 219 Å². The zero-order valence-corrected chi connectivity index (χ0v) is 21.5. The summed E-state index contributed by atoms with van der Waals surface area (Å²) < 4.78 is 25.8. The summed E-state index contributed by atoms with van der Waals surface area (Å²) in [5, 5.41) is 18.2. The lowest BCUT2D eigenvalue weighted by Crippen LogP contribution is -2.15. The molecule has 2 aliphatic carbocycles. The maximum Gasteiger partial charge on any atom is 0.303 e. The summed E-state index contributed by atoms with van der Waals surface area (Å²) in [7, 11) is 0. The molecule has 1 aromatic carbocycles. The number of carbonyl (C=O) groups excluding carboxylic acids is 1. The van der Waals surface area contributed by atoms with Crippen molar-refractivity contribution in [3.05, 3.63) is 57.7 Å². The molecule has 2 aromatic heterocycles. The number of ketones is 1. The average Bonchev–Trinajstić information content (AvgIpc) is 3.22. The second kappa shape index (κ2) is 10.4. The fraction of sp³-hybridized carbons (Fsp3) is 0.500. The minimum Gasteiger partial charge on any atom is -0.481 e. The molecule has 196 valence electrons. The summed E-state index contributed by atoms with van der Waals surface area (Å²) in [4.78, 5) is 24.4. The van der Waals surface area contributed by atoms with Crippen LogP contribution >= 0.6 is 11.6 Å². The Balaban J connectivity index is 1.42. The molecule has 2 saturated carbocycles. The number of aliphatic carboxylic acids is 1. The van der Waals surface area contributed by atoms with E-state index in [9.17, 15) is 19.1 Å². The van der Waals surface area contributed by atoms with Crippen LogP contribution in [-0.2, 0) is 21.4 Å². The maximum atomic E-state index is 14.3. The molecule has 0 aliphatic heterocycles. The SMILES string of the molecule is CC1(c2cc(-c3onc([C@@H](CCC(=O)O)CC(=O)Cc4ccc(Cl)cc4F)c3C3CC3)no2)CCCC1. The number of carboxylic acid groups (broad SMARTS) is 1. The molecule has 37 heavy (non-hydrogen) atoms. The van der Waals surface area contributed by atoms with Crippen LogP contribution in [0.5, 0.6) is 0 Å². The number of hydrogen-bond acceptors (Lipinski definition) is 6. The number of carbonyl (C=O) groups is 2. The summed E-state index contributed by atoms with van der Waals surface area (Å²) in [6, 6.07) is 6.16. The van der Waals surface area contributed by atoms with Crippen LogP contribution in [0.2, 0.25) is 5.02 Å². The van der Waals surface area contributed by atoms with Crippen molar-refractivity contribution in [1.29, 1.82) is 0 Å². The van der Waals surface area contributed by atoms with E-state index < -0.39 is 17.7 Å². The van der Waals surface area contributed by atoms with E-state index in [1.807, 2.05) is 6.07 Å². The number of Topliss-reactive ketones (excluding diaryl/α,β-unsaturated/α-hetero) is 1. The molecule has 9 heteroatoms. The first kappa shape index (κ1) is 25.6. The van der Waals surface area contributed by atoms with Gasteiger partial charge in [0.2, 0.25) is 0 Å². The fourth-order valence-electron chi connectivity index (χ4n) is 5.48. The van der Waals surface area contributed by atoms with Crippen LogP contribution in [0.1, 0.15) is 99.1 Å². The number of hydrogen-bond donors (Lipinski definition) is 1. The van der Waals surface area contributed by atoms with Crippen LogP contribution in [0, 0.1) is 5.82 Å². The molecule has 0 bridgehead atoms. The highest BCUT2D eigenvalue weighted by atomic mass is 35.5. The lowest BCUT2D eigenvalue weighted by Gasteiger charge is -2.18. The predicted molar refractivity (Wildman–Crippen MR) is 134 cm³/mol. The zero-order valence-electron chi connectivity index (χ0n) is 20.8. The summed E-state index contributed by atoms with van der Waals surface area (Å²) >= 11 is 5.83. The second-order valence-corrected chi connectivity index (χ2v) is 11.2. The van der Waals surface area contributed by atoms with E-state index in [0.717, 1.165) is 49.8 Å². The van der Waals surface area contributed by atoms with Gasteiger partial charge in [0, 0.05) is 47.2 Å². The maximum absolute atomic E-state index is 14.3. The van der Waals surface area contributed by atoms with Gasteiger partial charge in [-0.3, -0.25) is 9.59 Å². The number of nitrogens with zero attached hydrogens (tertiary/aromatic N) is 2. The van der Waals surface area contributed by atoms with Gasteiger partial charge in [-0.1, -0.05) is 47.7 Å². The van der Waals surface area contributed by atoms with Gasteiger partial charge in [0.1, 0.15) is 17.4 Å². The van der Waals surface area contributed by atoms with E-state index in [1.54, 1.807) is 6.07 Å². The Morgan fingerprint density at radius 3 is 2.62 bits per heavy atom. The number of benzene rings is 1. The van der Waals surface area contributed by atoms with Crippen LogP contribution in [0.15, 0.2) is 33.3 Å². The minimum absolute atomic E-state index is 0.0309. The van der Waals surface area contributed by atoms with Gasteiger partial charge in [0.25, 0.3) is 0 Å². The first-order valence-corrected chi connectivity index (χ1v) is 13.3. The van der Waals surface area contributed by atoms with E-state index in [-0.39, 0.29) is 53.4 Å². The summed E-state index contributed by atoms with van der Waals surface area (Å²) in [5.74, 6) is -0.582. The number of halogens is 2. The molecule has 0 saturated heterocycles. The molecule has 5 rings (SSSR count). The van der Waals surface area contributed by atoms with E-state index in [1.165, 1.54) is 12.1 Å². The van der Waals surface area contributed by atoms with E-state index in [4.69, 9.17) is 20.6 Å². The van der Waals surface area contributed by atoms with Crippen LogP contribution in [0.4, 0.5) is 4.39 Å². The molecular formula is C28H30ClFN2O5. The number of rotatable bonds is 11. The zero-order chi connectivity index (χ0) is 26.2. The van der Waals surface area contributed by atoms with Gasteiger partial charge in [0.05, 0.1) is 5.69 Å². The third-order valence-electron chi connectivity index (χ3n) is 7.76. The van der Waals surface area contributed by atoms with Gasteiger partial charge in [0.15, 0.2) is 11.5 Å². The van der Waals surface area contributed by atoms with Crippen molar-refractivity contribution in [2.45, 2.75) is 88.4 Å². The molecule has 2 aliphatic rings. The van der Waals surface area contributed by atoms with Gasteiger partial charge in [-0.05, 0) is 55.7 Å². The van der Waals surface area contributed by atoms with Crippen LogP contribution < -0.4 is 0 Å². The molecule has 1 atom stereocenters. The topological polar surface area (TPSA) is 106 Å². The number of carboxylic acids is 1. The number of aromatic nitrogens is 2. The monoisotopic (exact) mass is 528 g/mol. The molecule has 1 N–H and O–H groups in total. The third-order valence-corrected chi connectivity index (χ3v) is 7.99. The van der Waals surface area contributed by atoms with E-state index in [0.29, 0.717) is 17.1 Å². The van der Waals surface area contributed by atoms with Crippen LogP contribution in [0.3, 0.4) is 0 Å². The summed E-state index contributed by atoms with van der Waals surface area (Å²) in [6.07, 6.45) is 6.35. The average molecular weight is 529 g/mol. The quantitative estimate of drug-likeness (QED) is 0.286. The molecule has 0 amide bonds. The lowest BCUT2D eigenvalue weighted by molar-refractivity contribution is -0.137. The Bertz CT molecular complexity index is 1310. The highest BCUT2D eigenvalue weighted by molar-refractivity contribution is 6.30. The molecule has 0 spiro atoms. The standard InChI is InChI=1S/C28H30ClFN2O5/c1-28(10-2-3-11-28)23-15-22(31-36-23)27-25(16-4-5-16)26(32-37-27)18(7-9-24(34)35)13-20(33)12-17-6-8-19(29)14-21(17)30/h6,8,14-16,18H,2-5,7,9-13H2,1H3,(H,34,35)/t18-/m0/s1.